The van der Waals surface area contributed by atoms with Gasteiger partial charge >= 0.3 is 11.8 Å². The lowest BCUT2D eigenvalue weighted by molar-refractivity contribution is -0.199. The summed E-state index contributed by atoms with van der Waals surface area (Å²) < 4.78 is 10.2. The van der Waals surface area contributed by atoms with E-state index in [1.165, 1.54) is 20.1 Å². The van der Waals surface area contributed by atoms with Crippen LogP contribution in [-0.4, -0.2) is 42.6 Å². The molecular weight excluding hydrogens is 210 g/mol. The molecule has 0 saturated carbocycles. The van der Waals surface area contributed by atoms with Crippen molar-refractivity contribution in [2.75, 3.05) is 20.2 Å². The Kier molecular flexibility index (Phi) is 2.71. The van der Waals surface area contributed by atoms with Crippen LogP contribution in [0.25, 0.3) is 0 Å². The van der Waals surface area contributed by atoms with Crippen molar-refractivity contribution >= 4 is 11.8 Å². The number of carbonyl (C=O) groups excluding carboxylic acids is 2. The molecule has 2 heterocycles. The van der Waals surface area contributed by atoms with Gasteiger partial charge in [-0.15, -0.1) is 0 Å². The Morgan fingerprint density at radius 1 is 1.50 bits per heavy atom. The maximum atomic E-state index is 11.6. The van der Waals surface area contributed by atoms with Crippen LogP contribution in [0.2, 0.25) is 0 Å². The second kappa shape index (κ2) is 3.90. The van der Waals surface area contributed by atoms with Crippen LogP contribution in [0.3, 0.4) is 0 Å². The molecule has 0 N–H and O–H groups in total. The fraction of sp³-hybridized carbons (Fsp3) is 0.636. The second-order valence-corrected chi connectivity index (χ2v) is 4.02. The molecule has 0 spiro atoms. The molecule has 0 radical (unpaired) electrons. The van der Waals surface area contributed by atoms with Crippen LogP contribution in [0, 0.1) is 0 Å². The molecule has 0 aromatic heterocycles. The molecule has 1 unspecified atom stereocenters. The standard InChI is InChI=1S/C11H15NO4/c1-8(13)11(15-2)9(7-10(14)16-11)12-5-3-4-6-12/h7H,3-6H2,1-2H3. The largest absolute Gasteiger partial charge is 0.416 e. The highest BCUT2D eigenvalue weighted by molar-refractivity contribution is 5.97. The van der Waals surface area contributed by atoms with Crippen LogP contribution in [0.15, 0.2) is 11.8 Å². The molecule has 0 aromatic carbocycles. The van der Waals surface area contributed by atoms with Gasteiger partial charge in [0, 0.05) is 33.2 Å². The summed E-state index contributed by atoms with van der Waals surface area (Å²) in [5.74, 6) is -2.33. The summed E-state index contributed by atoms with van der Waals surface area (Å²) in [7, 11) is 1.38. The molecule has 1 atom stereocenters. The molecule has 2 aliphatic rings. The molecular formula is C11H15NO4. The number of methoxy groups -OCH3 is 1. The van der Waals surface area contributed by atoms with Gasteiger partial charge in [-0.05, 0) is 12.8 Å². The third-order valence-electron chi connectivity index (χ3n) is 3.03. The lowest BCUT2D eigenvalue weighted by atomic mass is 10.1. The van der Waals surface area contributed by atoms with Crippen LogP contribution < -0.4 is 0 Å². The predicted molar refractivity (Wildman–Crippen MR) is 55.4 cm³/mol. The Labute approximate surface area is 94.0 Å². The Bertz CT molecular complexity index is 357. The number of carbonyl (C=O) groups is 2. The first-order valence-corrected chi connectivity index (χ1v) is 5.36. The van der Waals surface area contributed by atoms with Crippen LogP contribution in [0.1, 0.15) is 19.8 Å². The summed E-state index contributed by atoms with van der Waals surface area (Å²) in [6.07, 6.45) is 3.47. The van der Waals surface area contributed by atoms with Gasteiger partial charge in [0.2, 0.25) is 5.78 Å². The zero-order valence-corrected chi connectivity index (χ0v) is 9.49. The molecule has 0 amide bonds. The smallest absolute Gasteiger partial charge is 0.335 e. The highest BCUT2D eigenvalue weighted by atomic mass is 16.7. The van der Waals surface area contributed by atoms with Crippen LogP contribution in [-0.2, 0) is 19.1 Å². The zero-order valence-electron chi connectivity index (χ0n) is 9.49. The fourth-order valence-corrected chi connectivity index (χ4v) is 2.23. The number of ketones is 1. The third kappa shape index (κ3) is 1.51. The number of rotatable bonds is 3. The van der Waals surface area contributed by atoms with Crippen molar-refractivity contribution in [3.8, 4) is 0 Å². The molecule has 1 fully saturated rings. The van der Waals surface area contributed by atoms with E-state index < -0.39 is 11.8 Å². The van der Waals surface area contributed by atoms with Gasteiger partial charge in [0.25, 0.3) is 0 Å². The topological polar surface area (TPSA) is 55.8 Å². The summed E-state index contributed by atoms with van der Waals surface area (Å²) in [4.78, 5) is 25.0. The molecule has 0 aliphatic carbocycles. The van der Waals surface area contributed by atoms with Crippen LogP contribution in [0.5, 0.6) is 0 Å². The Balaban J connectivity index is 2.34. The fourth-order valence-electron chi connectivity index (χ4n) is 2.23. The normalized spacial score (nSPS) is 29.2. The molecule has 2 aliphatic heterocycles. The summed E-state index contributed by atoms with van der Waals surface area (Å²) in [5, 5.41) is 0. The Hall–Kier alpha value is -1.36. The first kappa shape index (κ1) is 11.1. The maximum Gasteiger partial charge on any atom is 0.335 e. The number of esters is 1. The van der Waals surface area contributed by atoms with Crippen molar-refractivity contribution < 1.29 is 19.1 Å². The monoisotopic (exact) mass is 225 g/mol. The minimum Gasteiger partial charge on any atom is -0.416 e. The van der Waals surface area contributed by atoms with E-state index in [2.05, 4.69) is 0 Å². The number of hydrogen-bond donors (Lipinski definition) is 0. The molecule has 1 saturated heterocycles. The van der Waals surface area contributed by atoms with E-state index in [1.807, 2.05) is 4.90 Å². The van der Waals surface area contributed by atoms with Crippen molar-refractivity contribution in [3.63, 3.8) is 0 Å². The van der Waals surface area contributed by atoms with Gasteiger partial charge in [-0.25, -0.2) is 4.79 Å². The Morgan fingerprint density at radius 2 is 2.12 bits per heavy atom. The summed E-state index contributed by atoms with van der Waals surface area (Å²) in [5.41, 5.74) is 0.546. The first-order chi connectivity index (χ1) is 7.60. The van der Waals surface area contributed by atoms with E-state index in [-0.39, 0.29) is 5.78 Å². The van der Waals surface area contributed by atoms with Crippen molar-refractivity contribution in [3.05, 3.63) is 11.8 Å². The average Bonchev–Trinajstić information content (AvgIpc) is 2.83. The lowest BCUT2D eigenvalue weighted by Crippen LogP contribution is -2.46. The van der Waals surface area contributed by atoms with Crippen molar-refractivity contribution in [2.24, 2.45) is 0 Å². The predicted octanol–water partition coefficient (Wildman–Crippen LogP) is 0.455. The second-order valence-electron chi connectivity index (χ2n) is 4.02. The van der Waals surface area contributed by atoms with Gasteiger partial charge in [0.15, 0.2) is 0 Å². The van der Waals surface area contributed by atoms with Crippen molar-refractivity contribution in [2.45, 2.75) is 25.6 Å². The highest BCUT2D eigenvalue weighted by Crippen LogP contribution is 2.34. The van der Waals surface area contributed by atoms with Gasteiger partial charge in [0.05, 0.1) is 0 Å². The zero-order chi connectivity index (χ0) is 11.8. The Morgan fingerprint density at radius 3 is 2.62 bits per heavy atom. The van der Waals surface area contributed by atoms with Crippen LogP contribution >= 0.6 is 0 Å². The van der Waals surface area contributed by atoms with Gasteiger partial charge in [-0.1, -0.05) is 0 Å². The first-order valence-electron chi connectivity index (χ1n) is 5.36. The number of nitrogens with zero attached hydrogens (tertiary/aromatic N) is 1. The summed E-state index contributed by atoms with van der Waals surface area (Å²) in [6, 6.07) is 0. The minimum atomic E-state index is -1.51. The molecule has 5 nitrogen and oxygen atoms in total. The molecule has 2 rings (SSSR count). The average molecular weight is 225 g/mol. The van der Waals surface area contributed by atoms with Crippen molar-refractivity contribution in [1.29, 1.82) is 0 Å². The number of Topliss-reactive ketones (excluding diaryl/α,β-unsaturated/α-hetero) is 1. The lowest BCUT2D eigenvalue weighted by Gasteiger charge is -2.31. The van der Waals surface area contributed by atoms with E-state index in [4.69, 9.17) is 9.47 Å². The molecule has 5 heteroatoms. The SMILES string of the molecule is COC1(C(C)=O)OC(=O)C=C1N1CCCC1. The van der Waals surface area contributed by atoms with Crippen LogP contribution in [0.4, 0.5) is 0 Å². The van der Waals surface area contributed by atoms with E-state index >= 15 is 0 Å². The quantitative estimate of drug-likeness (QED) is 0.653. The van der Waals surface area contributed by atoms with Crippen molar-refractivity contribution in [1.82, 2.24) is 4.90 Å². The molecule has 0 bridgehead atoms. The van der Waals surface area contributed by atoms with E-state index in [0.717, 1.165) is 25.9 Å². The van der Waals surface area contributed by atoms with Gasteiger partial charge < -0.3 is 14.4 Å². The third-order valence-corrected chi connectivity index (χ3v) is 3.03. The number of ether oxygens (including phenoxy) is 2. The minimum absolute atomic E-state index is 0.306. The van der Waals surface area contributed by atoms with E-state index in [9.17, 15) is 9.59 Å². The summed E-state index contributed by atoms with van der Waals surface area (Å²) in [6.45, 7) is 3.04. The van der Waals surface area contributed by atoms with E-state index in [0.29, 0.717) is 5.70 Å². The van der Waals surface area contributed by atoms with Gasteiger partial charge in [0.1, 0.15) is 5.70 Å². The van der Waals surface area contributed by atoms with E-state index in [1.54, 1.807) is 0 Å². The molecule has 16 heavy (non-hydrogen) atoms. The molecule has 0 aromatic rings. The highest BCUT2D eigenvalue weighted by Gasteiger charge is 2.51. The summed E-state index contributed by atoms with van der Waals surface area (Å²) >= 11 is 0. The number of likely N-dealkylation sites (tertiary alicyclic amines) is 1. The number of hydrogen-bond acceptors (Lipinski definition) is 5. The van der Waals surface area contributed by atoms with Gasteiger partial charge in [-0.2, -0.15) is 0 Å². The van der Waals surface area contributed by atoms with Gasteiger partial charge in [-0.3, -0.25) is 4.79 Å². The number of cyclic esters (lactones) is 1. The maximum absolute atomic E-state index is 11.6. The molecule has 88 valence electrons.